The van der Waals surface area contributed by atoms with Crippen molar-refractivity contribution in [3.8, 4) is 5.75 Å². The number of rotatable bonds is 5. The van der Waals surface area contributed by atoms with Crippen molar-refractivity contribution in [3.05, 3.63) is 30.5 Å². The predicted octanol–water partition coefficient (Wildman–Crippen LogP) is 3.56. The van der Waals surface area contributed by atoms with Crippen molar-refractivity contribution in [2.24, 2.45) is 5.41 Å². The first kappa shape index (κ1) is 21.8. The summed E-state index contributed by atoms with van der Waals surface area (Å²) in [5.41, 5.74) is 1.33. The van der Waals surface area contributed by atoms with Crippen LogP contribution in [-0.4, -0.2) is 52.3 Å². The quantitative estimate of drug-likeness (QED) is 0.444. The maximum Gasteiger partial charge on any atom is 0.404 e. The van der Waals surface area contributed by atoms with E-state index >= 15 is 0 Å². The zero-order valence-corrected chi connectivity index (χ0v) is 19.1. The van der Waals surface area contributed by atoms with E-state index in [1.54, 1.807) is 38.3 Å². The fourth-order valence-corrected chi connectivity index (χ4v) is 4.27. The van der Waals surface area contributed by atoms with Crippen molar-refractivity contribution in [1.82, 2.24) is 15.3 Å². The number of hydrogen-bond donors (Lipinski definition) is 4. The summed E-state index contributed by atoms with van der Waals surface area (Å²) in [6.45, 7) is 7.17. The van der Waals surface area contributed by atoms with Gasteiger partial charge in [0.2, 0.25) is 5.95 Å². The number of anilines is 4. The average molecular weight is 466 g/mol. The van der Waals surface area contributed by atoms with Gasteiger partial charge in [0.1, 0.15) is 11.3 Å². The van der Waals surface area contributed by atoms with Gasteiger partial charge in [0, 0.05) is 36.8 Å². The Hall–Kier alpha value is -4.02. The van der Waals surface area contributed by atoms with Crippen LogP contribution >= 0.6 is 0 Å². The molecule has 3 aromatic rings. The second-order valence-corrected chi connectivity index (χ2v) is 9.55. The molecule has 4 heterocycles. The van der Waals surface area contributed by atoms with E-state index in [4.69, 9.17) is 19.2 Å². The Morgan fingerprint density at radius 3 is 2.88 bits per heavy atom. The zero-order chi connectivity index (χ0) is 24.1. The number of carboxylic acid groups (broad SMARTS) is 1. The van der Waals surface area contributed by atoms with E-state index in [0.29, 0.717) is 59.6 Å². The van der Waals surface area contributed by atoms with Crippen LogP contribution in [0.15, 0.2) is 34.9 Å². The van der Waals surface area contributed by atoms with Gasteiger partial charge < -0.3 is 35.1 Å². The number of aromatic nitrogens is 2. The highest BCUT2D eigenvalue weighted by atomic mass is 16.5. The maximum absolute atomic E-state index is 12.3. The van der Waals surface area contributed by atoms with Crippen LogP contribution in [0.5, 0.6) is 5.75 Å². The number of ether oxygens (including phenoxy) is 1. The highest BCUT2D eigenvalue weighted by molar-refractivity contribution is 6.00. The summed E-state index contributed by atoms with van der Waals surface area (Å²) in [6, 6.07) is 7.17. The number of benzene rings is 1. The largest absolute Gasteiger partial charge is 0.476 e. The Bertz CT molecular complexity index is 1290. The Morgan fingerprint density at radius 1 is 1.26 bits per heavy atom. The third-order valence-electron chi connectivity index (χ3n) is 6.21. The molecule has 1 unspecified atom stereocenters. The number of nitrogens with zero attached hydrogens (tertiary/aromatic N) is 3. The topological polar surface area (TPSA) is 142 Å². The fourth-order valence-electron chi connectivity index (χ4n) is 4.27. The first-order chi connectivity index (χ1) is 16.1. The van der Waals surface area contributed by atoms with Crippen LogP contribution in [0.2, 0.25) is 0 Å². The molecule has 11 nitrogen and oxygen atoms in total. The predicted molar refractivity (Wildman–Crippen MR) is 126 cm³/mol. The lowest BCUT2D eigenvalue weighted by Gasteiger charge is -2.31. The molecule has 1 atom stereocenters. The third-order valence-corrected chi connectivity index (χ3v) is 6.21. The molecule has 1 aromatic carbocycles. The van der Waals surface area contributed by atoms with Crippen molar-refractivity contribution >= 4 is 46.2 Å². The summed E-state index contributed by atoms with van der Waals surface area (Å²) in [7, 11) is 0. The minimum Gasteiger partial charge on any atom is -0.476 e. The van der Waals surface area contributed by atoms with Gasteiger partial charge >= 0.3 is 6.09 Å². The molecule has 5 rings (SSSR count). The number of amides is 2. The molecule has 1 saturated heterocycles. The number of nitrogens with one attached hydrogen (secondary N) is 3. The Labute approximate surface area is 195 Å². The Morgan fingerprint density at radius 2 is 2.09 bits per heavy atom. The van der Waals surface area contributed by atoms with Crippen LogP contribution in [0, 0.1) is 5.41 Å². The fraction of sp³-hybridized carbons (Fsp3) is 0.391. The highest BCUT2D eigenvalue weighted by Gasteiger charge is 2.37. The van der Waals surface area contributed by atoms with Crippen molar-refractivity contribution in [1.29, 1.82) is 0 Å². The third kappa shape index (κ3) is 4.04. The van der Waals surface area contributed by atoms with E-state index in [9.17, 15) is 9.59 Å². The summed E-state index contributed by atoms with van der Waals surface area (Å²) in [4.78, 5) is 34.6. The van der Waals surface area contributed by atoms with Crippen LogP contribution in [0.4, 0.5) is 27.9 Å². The molecule has 0 aliphatic carbocycles. The van der Waals surface area contributed by atoms with E-state index in [0.717, 1.165) is 6.42 Å². The second-order valence-electron chi connectivity index (χ2n) is 9.55. The molecule has 178 valence electrons. The lowest BCUT2D eigenvalue weighted by molar-refractivity contribution is -0.129. The van der Waals surface area contributed by atoms with Crippen molar-refractivity contribution < 1.29 is 23.8 Å². The molecule has 1 fully saturated rings. The molecule has 11 heteroatoms. The lowest BCUT2D eigenvalue weighted by Crippen LogP contribution is -2.45. The van der Waals surface area contributed by atoms with E-state index in [1.165, 1.54) is 0 Å². The van der Waals surface area contributed by atoms with Crippen molar-refractivity contribution in [2.45, 2.75) is 32.8 Å². The molecular weight excluding hydrogens is 440 g/mol. The standard InChI is InChI=1S/C23H26N6O5/c1-22(2)19(30)26-15-10-13(4-5-16(15)34-22)25-20-27-14-6-9-33-17(14)18(28-20)29-8-7-23(3,12-29)11-24-21(31)32/h4-6,9-10,24H,7-8,11-12H2,1-3H3,(H,26,30)(H,31,32)(H,25,27,28). The molecule has 34 heavy (non-hydrogen) atoms. The lowest BCUT2D eigenvalue weighted by atomic mass is 9.90. The number of furan rings is 1. The summed E-state index contributed by atoms with van der Waals surface area (Å²) < 4.78 is 11.5. The van der Waals surface area contributed by atoms with Gasteiger partial charge in [-0.3, -0.25) is 4.79 Å². The van der Waals surface area contributed by atoms with Gasteiger partial charge in [-0.1, -0.05) is 6.92 Å². The van der Waals surface area contributed by atoms with Gasteiger partial charge in [-0.05, 0) is 38.5 Å². The van der Waals surface area contributed by atoms with Gasteiger partial charge in [0.25, 0.3) is 5.91 Å². The molecule has 2 aromatic heterocycles. The second kappa shape index (κ2) is 7.79. The summed E-state index contributed by atoms with van der Waals surface area (Å²) >= 11 is 0. The molecule has 2 aliphatic rings. The van der Waals surface area contributed by atoms with Crippen LogP contribution in [0.3, 0.4) is 0 Å². The number of fused-ring (bicyclic) bond motifs is 2. The number of carbonyl (C=O) groups is 2. The number of carbonyl (C=O) groups excluding carboxylic acids is 1. The van der Waals surface area contributed by atoms with Crippen LogP contribution in [0.1, 0.15) is 27.2 Å². The minimum atomic E-state index is -1.03. The van der Waals surface area contributed by atoms with Crippen molar-refractivity contribution in [3.63, 3.8) is 0 Å². The van der Waals surface area contributed by atoms with E-state index in [1.807, 2.05) is 13.0 Å². The first-order valence-corrected chi connectivity index (χ1v) is 11.0. The molecule has 0 bridgehead atoms. The smallest absolute Gasteiger partial charge is 0.404 e. The average Bonchev–Trinajstić information content (AvgIpc) is 3.40. The van der Waals surface area contributed by atoms with Gasteiger partial charge in [0.05, 0.1) is 12.0 Å². The van der Waals surface area contributed by atoms with E-state index < -0.39 is 11.7 Å². The number of hydrogen-bond acceptors (Lipinski definition) is 8. The molecule has 4 N–H and O–H groups in total. The molecule has 2 amide bonds. The Balaban J connectivity index is 1.41. The normalized spacial score (nSPS) is 21.0. The van der Waals surface area contributed by atoms with Gasteiger partial charge in [-0.15, -0.1) is 0 Å². The van der Waals surface area contributed by atoms with Gasteiger partial charge in [-0.25, -0.2) is 9.78 Å². The molecule has 0 spiro atoms. The summed E-state index contributed by atoms with van der Waals surface area (Å²) in [6.07, 6.45) is 1.35. The zero-order valence-electron chi connectivity index (χ0n) is 19.1. The minimum absolute atomic E-state index is 0.218. The molecule has 0 saturated carbocycles. The van der Waals surface area contributed by atoms with E-state index in [2.05, 4.69) is 25.8 Å². The molecular formula is C23H26N6O5. The van der Waals surface area contributed by atoms with Gasteiger partial charge in [-0.2, -0.15) is 4.98 Å². The Kier molecular flexibility index (Phi) is 4.99. The SMILES string of the molecule is CC1(CNC(=O)O)CCN(c2nc(Nc3ccc4c(c3)NC(=O)C(C)(C)O4)nc3ccoc23)C1. The van der Waals surface area contributed by atoms with Crippen LogP contribution in [-0.2, 0) is 4.79 Å². The molecule has 0 radical (unpaired) electrons. The summed E-state index contributed by atoms with van der Waals surface area (Å²) in [5, 5.41) is 17.5. The molecule has 2 aliphatic heterocycles. The summed E-state index contributed by atoms with van der Waals surface area (Å²) in [5.74, 6) is 1.40. The van der Waals surface area contributed by atoms with Crippen molar-refractivity contribution in [2.75, 3.05) is 35.2 Å². The van der Waals surface area contributed by atoms with Crippen LogP contribution < -0.4 is 25.6 Å². The van der Waals surface area contributed by atoms with Gasteiger partial charge in [0.15, 0.2) is 17.0 Å². The first-order valence-electron chi connectivity index (χ1n) is 11.0. The maximum atomic E-state index is 12.3. The van der Waals surface area contributed by atoms with Crippen LogP contribution in [0.25, 0.3) is 11.1 Å². The van der Waals surface area contributed by atoms with E-state index in [-0.39, 0.29) is 11.3 Å². The monoisotopic (exact) mass is 466 g/mol. The highest BCUT2D eigenvalue weighted by Crippen LogP contribution is 2.38.